The summed E-state index contributed by atoms with van der Waals surface area (Å²) in [4.78, 5) is 5.80. The van der Waals surface area contributed by atoms with Crippen LogP contribution in [0, 0.1) is 19.8 Å². The Balaban J connectivity index is 2.68. The lowest BCUT2D eigenvalue weighted by atomic mass is 10.1. The minimum absolute atomic E-state index is 0.534. The van der Waals surface area contributed by atoms with Gasteiger partial charge >= 0.3 is 0 Å². The van der Waals surface area contributed by atoms with Gasteiger partial charge < -0.3 is 0 Å². The van der Waals surface area contributed by atoms with E-state index in [9.17, 15) is 0 Å². The molecule has 0 aliphatic rings. The zero-order chi connectivity index (χ0) is 9.14. The Bertz CT molecular complexity index is 257. The summed E-state index contributed by atoms with van der Waals surface area (Å²) in [7, 11) is 0. The molecule has 1 unspecified atom stereocenters. The first-order chi connectivity index (χ1) is 5.63. The van der Waals surface area contributed by atoms with Crippen molar-refractivity contribution >= 4 is 22.9 Å². The average molecular weight is 204 g/mol. The van der Waals surface area contributed by atoms with Gasteiger partial charge in [0.15, 0.2) is 0 Å². The summed E-state index contributed by atoms with van der Waals surface area (Å²) in [6.07, 6.45) is 1.01. The van der Waals surface area contributed by atoms with Crippen molar-refractivity contribution in [3.05, 3.63) is 15.6 Å². The highest BCUT2D eigenvalue weighted by molar-refractivity contribution is 7.11. The molecule has 0 aliphatic heterocycles. The lowest BCUT2D eigenvalue weighted by molar-refractivity contribution is 0.642. The van der Waals surface area contributed by atoms with Crippen LogP contribution >= 0.6 is 22.9 Å². The zero-order valence-corrected chi connectivity index (χ0v) is 9.30. The van der Waals surface area contributed by atoms with Crippen LogP contribution in [0.5, 0.6) is 0 Å². The number of aryl methyl sites for hydroxylation is 2. The first-order valence-corrected chi connectivity index (χ1v) is 5.47. The van der Waals surface area contributed by atoms with Crippen LogP contribution in [0.4, 0.5) is 0 Å². The number of alkyl halides is 1. The summed E-state index contributed by atoms with van der Waals surface area (Å²) in [5, 5.41) is 1.16. The molecule has 1 aromatic rings. The molecule has 1 rings (SSSR count). The molecule has 0 amide bonds. The van der Waals surface area contributed by atoms with E-state index in [1.54, 1.807) is 11.3 Å². The van der Waals surface area contributed by atoms with Crippen LogP contribution in [0.3, 0.4) is 0 Å². The van der Waals surface area contributed by atoms with Crippen molar-refractivity contribution in [2.75, 3.05) is 5.88 Å². The van der Waals surface area contributed by atoms with Gasteiger partial charge in [0.05, 0.1) is 10.7 Å². The van der Waals surface area contributed by atoms with Crippen molar-refractivity contribution < 1.29 is 0 Å². The van der Waals surface area contributed by atoms with Gasteiger partial charge in [-0.25, -0.2) is 4.98 Å². The summed E-state index contributed by atoms with van der Waals surface area (Å²) < 4.78 is 0. The van der Waals surface area contributed by atoms with E-state index in [1.165, 1.54) is 10.6 Å². The maximum atomic E-state index is 5.74. The first-order valence-electron chi connectivity index (χ1n) is 4.12. The molecule has 1 heterocycles. The van der Waals surface area contributed by atoms with Crippen LogP contribution in [-0.2, 0) is 6.42 Å². The molecule has 0 aliphatic carbocycles. The molecule has 68 valence electrons. The van der Waals surface area contributed by atoms with E-state index in [0.717, 1.165) is 17.3 Å². The smallest absolute Gasteiger partial charge is 0.0900 e. The van der Waals surface area contributed by atoms with Crippen molar-refractivity contribution in [2.45, 2.75) is 27.2 Å². The van der Waals surface area contributed by atoms with Crippen molar-refractivity contribution in [1.29, 1.82) is 0 Å². The zero-order valence-electron chi connectivity index (χ0n) is 7.72. The van der Waals surface area contributed by atoms with Crippen LogP contribution in [0.1, 0.15) is 22.5 Å². The summed E-state index contributed by atoms with van der Waals surface area (Å²) >= 11 is 7.50. The van der Waals surface area contributed by atoms with Crippen LogP contribution in [0.25, 0.3) is 0 Å². The Morgan fingerprint density at radius 1 is 1.50 bits per heavy atom. The van der Waals surface area contributed by atoms with Gasteiger partial charge in [-0.3, -0.25) is 0 Å². The predicted octanol–water partition coefficient (Wildman–Crippen LogP) is 3.18. The Kier molecular flexibility index (Phi) is 3.53. The molecule has 0 spiro atoms. The van der Waals surface area contributed by atoms with Gasteiger partial charge in [-0.1, -0.05) is 6.92 Å². The van der Waals surface area contributed by atoms with E-state index < -0.39 is 0 Å². The third kappa shape index (κ3) is 2.46. The number of thiazole rings is 1. The summed E-state index contributed by atoms with van der Waals surface area (Å²) in [6, 6.07) is 0. The molecule has 0 radical (unpaired) electrons. The molecule has 1 aromatic heterocycles. The second-order valence-electron chi connectivity index (χ2n) is 3.20. The number of nitrogens with zero attached hydrogens (tertiary/aromatic N) is 1. The van der Waals surface area contributed by atoms with Crippen molar-refractivity contribution in [3.8, 4) is 0 Å². The van der Waals surface area contributed by atoms with Gasteiger partial charge in [-0.2, -0.15) is 0 Å². The number of hydrogen-bond acceptors (Lipinski definition) is 2. The third-order valence-corrected chi connectivity index (χ3v) is 3.26. The van der Waals surface area contributed by atoms with Gasteiger partial charge in [0.1, 0.15) is 0 Å². The number of aromatic nitrogens is 1. The fraction of sp³-hybridized carbons (Fsp3) is 0.667. The van der Waals surface area contributed by atoms with E-state index in [4.69, 9.17) is 11.6 Å². The third-order valence-electron chi connectivity index (χ3n) is 1.80. The molecule has 12 heavy (non-hydrogen) atoms. The normalized spacial score (nSPS) is 13.3. The largest absolute Gasteiger partial charge is 0.246 e. The molecule has 0 N–H and O–H groups in total. The highest BCUT2D eigenvalue weighted by atomic mass is 35.5. The second-order valence-corrected chi connectivity index (χ2v) is 4.92. The van der Waals surface area contributed by atoms with Crippen LogP contribution < -0.4 is 0 Å². The Morgan fingerprint density at radius 2 is 2.17 bits per heavy atom. The molecule has 0 saturated heterocycles. The van der Waals surface area contributed by atoms with Crippen LogP contribution in [-0.4, -0.2) is 10.9 Å². The van der Waals surface area contributed by atoms with E-state index in [0.29, 0.717) is 5.92 Å². The predicted molar refractivity (Wildman–Crippen MR) is 55.2 cm³/mol. The van der Waals surface area contributed by atoms with E-state index >= 15 is 0 Å². The Labute approximate surface area is 82.8 Å². The topological polar surface area (TPSA) is 12.9 Å². The monoisotopic (exact) mass is 203 g/mol. The lowest BCUT2D eigenvalue weighted by Gasteiger charge is -2.04. The molecule has 0 bridgehead atoms. The summed E-state index contributed by atoms with van der Waals surface area (Å²) in [5.74, 6) is 1.25. The maximum absolute atomic E-state index is 5.74. The van der Waals surface area contributed by atoms with Gasteiger partial charge in [-0.15, -0.1) is 22.9 Å². The van der Waals surface area contributed by atoms with E-state index in [-0.39, 0.29) is 0 Å². The second kappa shape index (κ2) is 4.24. The standard InChI is InChI=1S/C9H14ClNS/c1-6(5-10)4-9-7(2)12-8(3)11-9/h6H,4-5H2,1-3H3. The lowest BCUT2D eigenvalue weighted by Crippen LogP contribution is -2.02. The molecule has 0 fully saturated rings. The first kappa shape index (κ1) is 10.0. The highest BCUT2D eigenvalue weighted by Crippen LogP contribution is 2.19. The highest BCUT2D eigenvalue weighted by Gasteiger charge is 2.08. The minimum Gasteiger partial charge on any atom is -0.246 e. The number of rotatable bonds is 3. The van der Waals surface area contributed by atoms with Crippen molar-refractivity contribution in [2.24, 2.45) is 5.92 Å². The molecular formula is C9H14ClNS. The van der Waals surface area contributed by atoms with Crippen molar-refractivity contribution in [1.82, 2.24) is 4.98 Å². The fourth-order valence-electron chi connectivity index (χ4n) is 1.15. The Morgan fingerprint density at radius 3 is 2.58 bits per heavy atom. The average Bonchev–Trinajstić information content (AvgIpc) is 2.30. The van der Waals surface area contributed by atoms with E-state index in [1.807, 2.05) is 6.92 Å². The molecule has 0 saturated carbocycles. The minimum atomic E-state index is 0.534. The molecule has 1 nitrogen and oxygen atoms in total. The summed E-state index contributed by atoms with van der Waals surface area (Å²) in [6.45, 7) is 6.33. The van der Waals surface area contributed by atoms with Gasteiger partial charge in [0.2, 0.25) is 0 Å². The molecular weight excluding hydrogens is 190 g/mol. The van der Waals surface area contributed by atoms with Crippen molar-refractivity contribution in [3.63, 3.8) is 0 Å². The van der Waals surface area contributed by atoms with Gasteiger partial charge in [0.25, 0.3) is 0 Å². The molecule has 1 atom stereocenters. The number of halogens is 1. The quantitative estimate of drug-likeness (QED) is 0.688. The summed E-state index contributed by atoms with van der Waals surface area (Å²) in [5.41, 5.74) is 1.23. The SMILES string of the molecule is Cc1nc(CC(C)CCl)c(C)s1. The fourth-order valence-corrected chi connectivity index (χ4v) is 2.10. The molecule has 0 aromatic carbocycles. The van der Waals surface area contributed by atoms with Crippen LogP contribution in [0.15, 0.2) is 0 Å². The number of hydrogen-bond donors (Lipinski definition) is 0. The maximum Gasteiger partial charge on any atom is 0.0900 e. The van der Waals surface area contributed by atoms with Gasteiger partial charge in [0, 0.05) is 10.8 Å². The van der Waals surface area contributed by atoms with Crippen LogP contribution in [0.2, 0.25) is 0 Å². The Hall–Kier alpha value is -0.0800. The van der Waals surface area contributed by atoms with E-state index in [2.05, 4.69) is 18.8 Å². The van der Waals surface area contributed by atoms with Gasteiger partial charge in [-0.05, 0) is 26.2 Å². The molecule has 3 heteroatoms.